The van der Waals surface area contributed by atoms with Gasteiger partial charge in [-0.25, -0.2) is 0 Å². The molecule has 1 heteroatoms. The number of hydrogen-bond donors (Lipinski definition) is 1. The van der Waals surface area contributed by atoms with E-state index < -0.39 is 0 Å². The molecule has 1 aromatic carbocycles. The second kappa shape index (κ2) is 4.94. The van der Waals surface area contributed by atoms with Crippen LogP contribution in [0, 0.1) is 0 Å². The Morgan fingerprint density at radius 3 is 2.42 bits per heavy atom. The molecule has 0 aromatic heterocycles. The van der Waals surface area contributed by atoms with Gasteiger partial charge in [0.15, 0.2) is 0 Å². The van der Waals surface area contributed by atoms with E-state index in [9.17, 15) is 0 Å². The lowest BCUT2D eigenvalue weighted by Crippen LogP contribution is -2.02. The molecule has 12 heavy (non-hydrogen) atoms. The zero-order chi connectivity index (χ0) is 8.81. The number of benzene rings is 1. The summed E-state index contributed by atoms with van der Waals surface area (Å²) in [6.07, 6.45) is 2.20. The van der Waals surface area contributed by atoms with Crippen LogP contribution in [0.5, 0.6) is 0 Å². The zero-order valence-corrected chi connectivity index (χ0v) is 7.53. The lowest BCUT2D eigenvalue weighted by atomic mass is 9.96. The highest BCUT2D eigenvalue weighted by atomic mass is 16.3. The Morgan fingerprint density at radius 1 is 1.25 bits per heavy atom. The fourth-order valence-corrected chi connectivity index (χ4v) is 1.44. The van der Waals surface area contributed by atoms with Crippen LogP contribution in [0.4, 0.5) is 0 Å². The molecule has 1 atom stereocenters. The minimum absolute atomic E-state index is 0.262. The molecule has 0 bridgehead atoms. The molecule has 0 fully saturated rings. The predicted molar refractivity (Wildman–Crippen MR) is 51.2 cm³/mol. The number of aliphatic hydroxyl groups excluding tert-OH is 1. The molecule has 0 radical (unpaired) electrons. The summed E-state index contributed by atoms with van der Waals surface area (Å²) in [4.78, 5) is 0. The van der Waals surface area contributed by atoms with E-state index in [2.05, 4.69) is 19.1 Å². The van der Waals surface area contributed by atoms with Gasteiger partial charge in [0, 0.05) is 12.5 Å². The van der Waals surface area contributed by atoms with Gasteiger partial charge < -0.3 is 5.11 Å². The third-order valence-corrected chi connectivity index (χ3v) is 2.13. The Labute approximate surface area is 74.1 Å². The van der Waals surface area contributed by atoms with Crippen molar-refractivity contribution in [3.63, 3.8) is 0 Å². The number of hydrogen-bond acceptors (Lipinski definition) is 1. The first-order valence-electron chi connectivity index (χ1n) is 4.54. The first-order valence-corrected chi connectivity index (χ1v) is 4.54. The maximum atomic E-state index is 9.11. The fourth-order valence-electron chi connectivity index (χ4n) is 1.44. The molecular weight excluding hydrogens is 148 g/mol. The molecule has 0 heterocycles. The summed E-state index contributed by atoms with van der Waals surface area (Å²) >= 11 is 0. The monoisotopic (exact) mass is 164 g/mol. The van der Waals surface area contributed by atoms with Gasteiger partial charge in [-0.15, -0.1) is 0 Å². The topological polar surface area (TPSA) is 20.2 Å². The van der Waals surface area contributed by atoms with Gasteiger partial charge in [-0.2, -0.15) is 0 Å². The van der Waals surface area contributed by atoms with Gasteiger partial charge in [-0.1, -0.05) is 43.7 Å². The molecule has 0 saturated carbocycles. The quantitative estimate of drug-likeness (QED) is 0.725. The molecule has 66 valence electrons. The first-order chi connectivity index (χ1) is 5.88. The molecule has 0 saturated heterocycles. The number of rotatable bonds is 4. The maximum absolute atomic E-state index is 9.11. The van der Waals surface area contributed by atoms with Crippen LogP contribution in [0.15, 0.2) is 30.3 Å². The average Bonchev–Trinajstić information content (AvgIpc) is 2.15. The molecule has 1 rings (SSSR count). The number of aliphatic hydroxyl groups is 1. The van der Waals surface area contributed by atoms with Crippen molar-refractivity contribution in [1.82, 2.24) is 0 Å². The van der Waals surface area contributed by atoms with Crippen molar-refractivity contribution < 1.29 is 5.11 Å². The molecule has 0 amide bonds. The highest BCUT2D eigenvalue weighted by molar-refractivity contribution is 5.19. The summed E-state index contributed by atoms with van der Waals surface area (Å²) in [6, 6.07) is 10.2. The predicted octanol–water partition coefficient (Wildman–Crippen LogP) is 2.56. The molecule has 0 aliphatic heterocycles. The van der Waals surface area contributed by atoms with Gasteiger partial charge in [0.25, 0.3) is 0 Å². The first kappa shape index (κ1) is 9.27. The van der Waals surface area contributed by atoms with Crippen molar-refractivity contribution in [3.05, 3.63) is 35.9 Å². The summed E-state index contributed by atoms with van der Waals surface area (Å²) in [5.74, 6) is 0.330. The lowest BCUT2D eigenvalue weighted by molar-refractivity contribution is 0.258. The van der Waals surface area contributed by atoms with Crippen LogP contribution >= 0.6 is 0 Å². The fraction of sp³-hybridized carbons (Fsp3) is 0.455. The van der Waals surface area contributed by atoms with E-state index in [1.807, 2.05) is 18.2 Å². The standard InChI is InChI=1S/C11H16O/c1-2-6-11(9-12)10-7-4-3-5-8-10/h3-5,7-8,11-12H,2,6,9H2,1H3. The minimum atomic E-state index is 0.262. The van der Waals surface area contributed by atoms with E-state index in [1.165, 1.54) is 5.56 Å². The van der Waals surface area contributed by atoms with Gasteiger partial charge in [-0.3, -0.25) is 0 Å². The van der Waals surface area contributed by atoms with Crippen molar-refractivity contribution in [3.8, 4) is 0 Å². The summed E-state index contributed by atoms with van der Waals surface area (Å²) in [5, 5.41) is 9.11. The molecular formula is C11H16O. The van der Waals surface area contributed by atoms with Crippen LogP contribution in [0.2, 0.25) is 0 Å². The maximum Gasteiger partial charge on any atom is 0.0499 e. The Bertz CT molecular complexity index is 206. The van der Waals surface area contributed by atoms with Crippen LogP contribution < -0.4 is 0 Å². The van der Waals surface area contributed by atoms with E-state index in [4.69, 9.17) is 5.11 Å². The second-order valence-electron chi connectivity index (χ2n) is 3.08. The summed E-state index contributed by atoms with van der Waals surface area (Å²) in [7, 11) is 0. The van der Waals surface area contributed by atoms with Crippen LogP contribution in [-0.2, 0) is 0 Å². The van der Waals surface area contributed by atoms with Crippen molar-refractivity contribution in [1.29, 1.82) is 0 Å². The van der Waals surface area contributed by atoms with Crippen molar-refractivity contribution in [2.24, 2.45) is 0 Å². The minimum Gasteiger partial charge on any atom is -0.396 e. The van der Waals surface area contributed by atoms with Gasteiger partial charge in [0.1, 0.15) is 0 Å². The Balaban J connectivity index is 2.66. The van der Waals surface area contributed by atoms with Gasteiger partial charge in [0.05, 0.1) is 0 Å². The Morgan fingerprint density at radius 2 is 1.92 bits per heavy atom. The lowest BCUT2D eigenvalue weighted by Gasteiger charge is -2.12. The smallest absolute Gasteiger partial charge is 0.0499 e. The van der Waals surface area contributed by atoms with Crippen LogP contribution in [0.3, 0.4) is 0 Å². The third kappa shape index (κ3) is 2.35. The van der Waals surface area contributed by atoms with Gasteiger partial charge in [0.2, 0.25) is 0 Å². The molecule has 1 aromatic rings. The van der Waals surface area contributed by atoms with Crippen LogP contribution in [-0.4, -0.2) is 11.7 Å². The third-order valence-electron chi connectivity index (χ3n) is 2.13. The normalized spacial score (nSPS) is 12.8. The average molecular weight is 164 g/mol. The second-order valence-corrected chi connectivity index (χ2v) is 3.08. The highest BCUT2D eigenvalue weighted by Gasteiger charge is 2.07. The van der Waals surface area contributed by atoms with E-state index in [1.54, 1.807) is 0 Å². The van der Waals surface area contributed by atoms with Gasteiger partial charge >= 0.3 is 0 Å². The molecule has 0 spiro atoms. The Kier molecular flexibility index (Phi) is 3.81. The van der Waals surface area contributed by atoms with Crippen molar-refractivity contribution >= 4 is 0 Å². The summed E-state index contributed by atoms with van der Waals surface area (Å²) < 4.78 is 0. The van der Waals surface area contributed by atoms with Crippen LogP contribution in [0.1, 0.15) is 31.2 Å². The zero-order valence-electron chi connectivity index (χ0n) is 7.53. The summed E-state index contributed by atoms with van der Waals surface area (Å²) in [6.45, 7) is 2.41. The van der Waals surface area contributed by atoms with E-state index in [0.29, 0.717) is 5.92 Å². The molecule has 1 unspecified atom stereocenters. The summed E-state index contributed by atoms with van der Waals surface area (Å²) in [5.41, 5.74) is 1.25. The SMILES string of the molecule is CCCC(CO)c1ccccc1. The highest BCUT2D eigenvalue weighted by Crippen LogP contribution is 2.19. The van der Waals surface area contributed by atoms with Gasteiger partial charge in [-0.05, 0) is 12.0 Å². The van der Waals surface area contributed by atoms with Crippen molar-refractivity contribution in [2.45, 2.75) is 25.7 Å². The van der Waals surface area contributed by atoms with Crippen LogP contribution in [0.25, 0.3) is 0 Å². The molecule has 1 nitrogen and oxygen atoms in total. The molecule has 0 aliphatic rings. The molecule has 0 aliphatic carbocycles. The Hall–Kier alpha value is -0.820. The van der Waals surface area contributed by atoms with E-state index in [-0.39, 0.29) is 6.61 Å². The largest absolute Gasteiger partial charge is 0.396 e. The van der Waals surface area contributed by atoms with E-state index in [0.717, 1.165) is 12.8 Å². The van der Waals surface area contributed by atoms with Crippen molar-refractivity contribution in [2.75, 3.05) is 6.61 Å². The molecule has 1 N–H and O–H groups in total. The van der Waals surface area contributed by atoms with E-state index >= 15 is 0 Å².